The highest BCUT2D eigenvalue weighted by atomic mass is 35.5. The van der Waals surface area contributed by atoms with Crippen molar-refractivity contribution in [2.45, 2.75) is 50.7 Å². The molecule has 0 spiro atoms. The maximum atomic E-state index is 15.0. The second-order valence-electron chi connectivity index (χ2n) is 10.7. The smallest absolute Gasteiger partial charge is 0.304 e. The Balaban J connectivity index is 1.80. The SMILES string of the molecule is CN(C)S(=O)(=O)N(CC(=O)N(Cc1c(Cl)cccc1Cl)[C@H](Cc1ccccc1)C(=O)NC1CCCC1)c1ccccc1F. The van der Waals surface area contributed by atoms with Crippen LogP contribution in [0.25, 0.3) is 0 Å². The van der Waals surface area contributed by atoms with Crippen molar-refractivity contribution in [1.82, 2.24) is 14.5 Å². The Morgan fingerprint density at radius 2 is 1.53 bits per heavy atom. The average Bonchev–Trinajstić information content (AvgIpc) is 3.48. The van der Waals surface area contributed by atoms with E-state index >= 15 is 0 Å². The lowest BCUT2D eigenvalue weighted by Crippen LogP contribution is -2.55. The van der Waals surface area contributed by atoms with Crippen LogP contribution < -0.4 is 9.62 Å². The molecule has 4 rings (SSSR count). The van der Waals surface area contributed by atoms with Crippen molar-refractivity contribution < 1.29 is 22.4 Å². The Kier molecular flexibility index (Phi) is 11.1. The van der Waals surface area contributed by atoms with Crippen LogP contribution in [0, 0.1) is 5.82 Å². The fourth-order valence-corrected chi connectivity index (χ4v) is 6.71. The summed E-state index contributed by atoms with van der Waals surface area (Å²) in [7, 11) is -1.74. The van der Waals surface area contributed by atoms with E-state index in [2.05, 4.69) is 5.32 Å². The molecule has 2 amide bonds. The minimum absolute atomic E-state index is 0.0318. The molecule has 1 fully saturated rings. The number of anilines is 1. The average molecular weight is 650 g/mol. The summed E-state index contributed by atoms with van der Waals surface area (Å²) in [5.74, 6) is -1.92. The molecular weight excluding hydrogens is 614 g/mol. The maximum absolute atomic E-state index is 15.0. The van der Waals surface area contributed by atoms with Gasteiger partial charge in [-0.15, -0.1) is 0 Å². The molecule has 1 aliphatic carbocycles. The molecule has 3 aromatic carbocycles. The highest BCUT2D eigenvalue weighted by molar-refractivity contribution is 7.90. The van der Waals surface area contributed by atoms with E-state index in [0.717, 1.165) is 41.6 Å². The third kappa shape index (κ3) is 8.06. The number of carbonyl (C=O) groups excluding carboxylic acids is 2. The highest BCUT2D eigenvalue weighted by Crippen LogP contribution is 2.29. The zero-order chi connectivity index (χ0) is 31.1. The molecule has 1 aliphatic rings. The second-order valence-corrected chi connectivity index (χ2v) is 13.5. The van der Waals surface area contributed by atoms with Gasteiger partial charge in [-0.05, 0) is 42.7 Å². The van der Waals surface area contributed by atoms with E-state index in [1.54, 1.807) is 18.2 Å². The van der Waals surface area contributed by atoms with Crippen LogP contribution in [-0.4, -0.2) is 62.2 Å². The largest absolute Gasteiger partial charge is 0.352 e. The summed E-state index contributed by atoms with van der Waals surface area (Å²) in [6.07, 6.45) is 3.79. The molecule has 0 aromatic heterocycles. The lowest BCUT2D eigenvalue weighted by atomic mass is 10.0. The van der Waals surface area contributed by atoms with Gasteiger partial charge in [-0.2, -0.15) is 12.7 Å². The summed E-state index contributed by atoms with van der Waals surface area (Å²) in [4.78, 5) is 29.6. The van der Waals surface area contributed by atoms with Crippen LogP contribution in [-0.2, 0) is 32.8 Å². The molecule has 8 nitrogen and oxygen atoms in total. The van der Waals surface area contributed by atoms with Crippen LogP contribution in [0.15, 0.2) is 72.8 Å². The molecule has 43 heavy (non-hydrogen) atoms. The minimum atomic E-state index is -4.33. The van der Waals surface area contributed by atoms with Gasteiger partial charge in [0.15, 0.2) is 0 Å². The van der Waals surface area contributed by atoms with Crippen molar-refractivity contribution in [3.8, 4) is 0 Å². The van der Waals surface area contributed by atoms with Crippen LogP contribution in [0.4, 0.5) is 10.1 Å². The van der Waals surface area contributed by atoms with E-state index in [1.165, 1.54) is 37.2 Å². The monoisotopic (exact) mass is 648 g/mol. The predicted molar refractivity (Wildman–Crippen MR) is 168 cm³/mol. The van der Waals surface area contributed by atoms with E-state index in [-0.39, 0.29) is 40.6 Å². The Labute approximate surface area is 262 Å². The molecule has 0 radical (unpaired) electrons. The van der Waals surface area contributed by atoms with Gasteiger partial charge in [-0.3, -0.25) is 9.59 Å². The summed E-state index contributed by atoms with van der Waals surface area (Å²) in [5.41, 5.74) is 0.901. The summed E-state index contributed by atoms with van der Waals surface area (Å²) in [6, 6.07) is 18.4. The first-order chi connectivity index (χ1) is 20.5. The van der Waals surface area contributed by atoms with Crippen LogP contribution in [0.2, 0.25) is 10.0 Å². The Morgan fingerprint density at radius 1 is 0.930 bits per heavy atom. The van der Waals surface area contributed by atoms with Gasteiger partial charge in [0.25, 0.3) is 0 Å². The first-order valence-electron chi connectivity index (χ1n) is 14.0. The van der Waals surface area contributed by atoms with Crippen LogP contribution in [0.3, 0.4) is 0 Å². The summed E-state index contributed by atoms with van der Waals surface area (Å²) < 4.78 is 43.4. The van der Waals surface area contributed by atoms with Crippen molar-refractivity contribution in [3.63, 3.8) is 0 Å². The number of hydrogen-bond acceptors (Lipinski definition) is 4. The predicted octanol–water partition coefficient (Wildman–Crippen LogP) is 5.44. The molecule has 0 heterocycles. The lowest BCUT2D eigenvalue weighted by Gasteiger charge is -2.35. The van der Waals surface area contributed by atoms with Crippen molar-refractivity contribution >= 4 is 50.9 Å². The number of nitrogens with one attached hydrogen (secondary N) is 1. The summed E-state index contributed by atoms with van der Waals surface area (Å²) >= 11 is 13.0. The van der Waals surface area contributed by atoms with E-state index in [1.807, 2.05) is 30.3 Å². The van der Waals surface area contributed by atoms with E-state index in [9.17, 15) is 22.4 Å². The lowest BCUT2D eigenvalue weighted by molar-refractivity contribution is -0.140. The van der Waals surface area contributed by atoms with Crippen molar-refractivity contribution in [1.29, 1.82) is 0 Å². The number of para-hydroxylation sites is 1. The van der Waals surface area contributed by atoms with Gasteiger partial charge in [-0.25, -0.2) is 8.70 Å². The van der Waals surface area contributed by atoms with Crippen molar-refractivity contribution in [3.05, 3.63) is 99.8 Å². The molecule has 0 aliphatic heterocycles. The molecule has 0 saturated heterocycles. The first-order valence-corrected chi connectivity index (χ1v) is 16.2. The van der Waals surface area contributed by atoms with E-state index in [4.69, 9.17) is 23.2 Å². The first kappa shape index (κ1) is 32.7. The van der Waals surface area contributed by atoms with Gasteiger partial charge in [0, 0.05) is 48.7 Å². The molecule has 1 N–H and O–H groups in total. The third-order valence-corrected chi connectivity index (χ3v) is 10.0. The topological polar surface area (TPSA) is 90.0 Å². The number of rotatable bonds is 12. The normalized spacial score (nSPS) is 14.5. The molecule has 1 atom stereocenters. The molecule has 0 bridgehead atoms. The van der Waals surface area contributed by atoms with E-state index < -0.39 is 34.5 Å². The fourth-order valence-electron chi connectivity index (χ4n) is 5.13. The van der Waals surface area contributed by atoms with Gasteiger partial charge in [-0.1, -0.05) is 84.6 Å². The van der Waals surface area contributed by atoms with Gasteiger partial charge in [0.1, 0.15) is 18.4 Å². The second kappa shape index (κ2) is 14.5. The third-order valence-electron chi connectivity index (χ3n) is 7.50. The molecule has 1 saturated carbocycles. The molecular formula is C31H35Cl2FN4O4S. The number of halogens is 3. The quantitative estimate of drug-likeness (QED) is 0.283. The van der Waals surface area contributed by atoms with E-state index in [0.29, 0.717) is 9.87 Å². The number of carbonyl (C=O) groups is 2. The standard InChI is InChI=1S/C31H35Cl2FN4O4S/c1-36(2)43(41,42)38(28-18-9-8-17-27(28)34)21-30(39)37(20-24-25(32)15-10-16-26(24)33)29(19-22-11-4-3-5-12-22)31(40)35-23-13-6-7-14-23/h3-5,8-12,15-18,23,29H,6-7,13-14,19-21H2,1-2H3,(H,35,40)/t29-/m1/s1. The number of benzene rings is 3. The zero-order valence-electron chi connectivity index (χ0n) is 24.0. The molecule has 230 valence electrons. The molecule has 12 heteroatoms. The highest BCUT2D eigenvalue weighted by Gasteiger charge is 2.36. The summed E-state index contributed by atoms with van der Waals surface area (Å²) in [6.45, 7) is -0.953. The van der Waals surface area contributed by atoms with Crippen molar-refractivity contribution in [2.75, 3.05) is 24.9 Å². The van der Waals surface area contributed by atoms with Crippen molar-refractivity contribution in [2.24, 2.45) is 0 Å². The van der Waals surface area contributed by atoms with Crippen LogP contribution in [0.5, 0.6) is 0 Å². The molecule has 0 unspecified atom stereocenters. The number of nitrogens with zero attached hydrogens (tertiary/aromatic N) is 3. The Morgan fingerprint density at radius 3 is 2.14 bits per heavy atom. The zero-order valence-corrected chi connectivity index (χ0v) is 26.4. The summed E-state index contributed by atoms with van der Waals surface area (Å²) in [5, 5.41) is 3.66. The van der Waals surface area contributed by atoms with Gasteiger partial charge >= 0.3 is 10.2 Å². The van der Waals surface area contributed by atoms with Gasteiger partial charge in [0.05, 0.1) is 5.69 Å². The minimum Gasteiger partial charge on any atom is -0.352 e. The Bertz CT molecular complexity index is 1520. The maximum Gasteiger partial charge on any atom is 0.304 e. The Hall–Kier alpha value is -3.18. The van der Waals surface area contributed by atoms with Gasteiger partial charge in [0.2, 0.25) is 11.8 Å². The molecule has 3 aromatic rings. The number of amides is 2. The fraction of sp³-hybridized carbons (Fsp3) is 0.355. The van der Waals surface area contributed by atoms with Gasteiger partial charge < -0.3 is 10.2 Å². The van der Waals surface area contributed by atoms with Crippen LogP contribution >= 0.6 is 23.2 Å². The van der Waals surface area contributed by atoms with Crippen LogP contribution in [0.1, 0.15) is 36.8 Å². The number of hydrogen-bond donors (Lipinski definition) is 1.